The van der Waals surface area contributed by atoms with Crippen LogP contribution in [0.15, 0.2) is 42.5 Å². The highest BCUT2D eigenvalue weighted by Crippen LogP contribution is 2.31. The summed E-state index contributed by atoms with van der Waals surface area (Å²) in [5.74, 6) is -0.427. The number of imide groups is 1. The minimum absolute atomic E-state index is 0.0693. The van der Waals surface area contributed by atoms with Gasteiger partial charge in [0, 0.05) is 39.9 Å². The number of halogens is 2. The van der Waals surface area contributed by atoms with Gasteiger partial charge in [-0.15, -0.1) is 0 Å². The molecular weight excluding hydrogens is 478 g/mol. The van der Waals surface area contributed by atoms with Crippen molar-refractivity contribution in [2.75, 3.05) is 0 Å². The Labute approximate surface area is 173 Å². The molecule has 1 aliphatic heterocycles. The number of fused-ring (bicyclic) bond motifs is 2. The van der Waals surface area contributed by atoms with Crippen molar-refractivity contribution < 1.29 is 19.2 Å². The van der Waals surface area contributed by atoms with E-state index >= 15 is 0 Å². The Morgan fingerprint density at radius 1 is 0.815 bits per heavy atom. The molecule has 5 nitrogen and oxygen atoms in total. The van der Waals surface area contributed by atoms with E-state index in [-0.39, 0.29) is 28.2 Å². The highest BCUT2D eigenvalue weighted by atomic mass is 79.9. The molecular formula is C20H15Br2NO4. The first kappa shape index (κ1) is 19.6. The first-order chi connectivity index (χ1) is 12.8. The average molecular weight is 493 g/mol. The van der Waals surface area contributed by atoms with Gasteiger partial charge in [0.05, 0.1) is 16.1 Å². The molecule has 2 aromatic carbocycles. The molecule has 27 heavy (non-hydrogen) atoms. The van der Waals surface area contributed by atoms with Crippen LogP contribution in [0.2, 0.25) is 0 Å². The van der Waals surface area contributed by atoms with E-state index in [9.17, 15) is 19.2 Å². The summed E-state index contributed by atoms with van der Waals surface area (Å²) >= 11 is 6.28. The maximum atomic E-state index is 12.5. The molecule has 4 rings (SSSR count). The van der Waals surface area contributed by atoms with Crippen molar-refractivity contribution >= 4 is 55.5 Å². The summed E-state index contributed by atoms with van der Waals surface area (Å²) in [4.78, 5) is 45.9. The summed E-state index contributed by atoms with van der Waals surface area (Å²) in [6.45, 7) is 1.99. The van der Waals surface area contributed by atoms with Gasteiger partial charge in [0.25, 0.3) is 0 Å². The van der Waals surface area contributed by atoms with Gasteiger partial charge in [-0.2, -0.15) is 0 Å². The minimum Gasteiger partial charge on any atom is -0.289 e. The number of nitrogens with zero attached hydrogens (tertiary/aromatic N) is 1. The van der Waals surface area contributed by atoms with Gasteiger partial charge in [0.1, 0.15) is 0 Å². The fourth-order valence-electron chi connectivity index (χ4n) is 2.91. The van der Waals surface area contributed by atoms with Gasteiger partial charge in [-0.05, 0) is 24.6 Å². The second kappa shape index (κ2) is 7.86. The average Bonchev–Trinajstić information content (AvgIpc) is 2.97. The summed E-state index contributed by atoms with van der Waals surface area (Å²) in [6, 6.07) is 12.4. The van der Waals surface area contributed by atoms with Crippen molar-refractivity contribution in [1.29, 1.82) is 0 Å². The van der Waals surface area contributed by atoms with E-state index < -0.39 is 0 Å². The molecule has 2 aromatic rings. The van der Waals surface area contributed by atoms with Crippen LogP contribution in [0.1, 0.15) is 62.0 Å². The first-order valence-electron chi connectivity index (χ1n) is 8.29. The molecule has 1 fully saturated rings. The highest BCUT2D eigenvalue weighted by molar-refractivity contribution is 9.09. The van der Waals surface area contributed by atoms with Crippen LogP contribution < -0.4 is 0 Å². The molecule has 0 bridgehead atoms. The number of amides is 2. The molecule has 2 amide bonds. The van der Waals surface area contributed by atoms with Crippen molar-refractivity contribution in [2.24, 2.45) is 0 Å². The molecule has 7 heteroatoms. The number of carbonyl (C=O) groups is 4. The van der Waals surface area contributed by atoms with Crippen molar-refractivity contribution in [2.45, 2.75) is 24.6 Å². The molecule has 0 N–H and O–H groups in total. The van der Waals surface area contributed by atoms with E-state index in [4.69, 9.17) is 0 Å². The molecule has 138 valence electrons. The Kier molecular flexibility index (Phi) is 5.72. The third kappa shape index (κ3) is 3.80. The Bertz CT molecular complexity index is 952. The number of ketones is 2. The van der Waals surface area contributed by atoms with Crippen LogP contribution in [0.25, 0.3) is 0 Å². The standard InChI is InChI=1S/C16H11BrO2.C4H4BrNO2/c1-9(17)10-6-7-13-14(8-10)16(19)12-5-3-2-4-11(12)15(13)18;5-6-3(7)1-2-4(6)8/h2-9H,1H3;1-2H2. The quantitative estimate of drug-likeness (QED) is 0.287. The van der Waals surface area contributed by atoms with Crippen LogP contribution in [-0.2, 0) is 9.59 Å². The Morgan fingerprint density at radius 2 is 1.30 bits per heavy atom. The van der Waals surface area contributed by atoms with Crippen LogP contribution in [0, 0.1) is 0 Å². The Balaban J connectivity index is 0.000000221. The lowest BCUT2D eigenvalue weighted by Crippen LogP contribution is -2.20. The smallest absolute Gasteiger partial charge is 0.239 e. The van der Waals surface area contributed by atoms with Crippen LogP contribution in [0.3, 0.4) is 0 Å². The Morgan fingerprint density at radius 3 is 1.74 bits per heavy atom. The van der Waals surface area contributed by atoms with E-state index in [1.165, 1.54) is 0 Å². The SMILES string of the molecule is CC(Br)c1ccc2c(c1)C(=O)c1ccccc1C2=O.O=C1CCC(=O)N1Br. The van der Waals surface area contributed by atoms with Gasteiger partial charge >= 0.3 is 0 Å². The van der Waals surface area contributed by atoms with Crippen LogP contribution >= 0.6 is 32.1 Å². The molecule has 1 unspecified atom stereocenters. The fourth-order valence-corrected chi connectivity index (χ4v) is 3.55. The molecule has 1 heterocycles. The van der Waals surface area contributed by atoms with Crippen molar-refractivity contribution in [1.82, 2.24) is 3.93 Å². The van der Waals surface area contributed by atoms with E-state index in [1.54, 1.807) is 30.3 Å². The number of carbonyl (C=O) groups excluding carboxylic acids is 4. The lowest BCUT2D eigenvalue weighted by atomic mass is 9.83. The number of hydrogen-bond donors (Lipinski definition) is 0. The second-order valence-electron chi connectivity index (χ2n) is 6.19. The lowest BCUT2D eigenvalue weighted by molar-refractivity contribution is -0.131. The zero-order chi connectivity index (χ0) is 19.7. The molecule has 0 radical (unpaired) electrons. The summed E-state index contributed by atoms with van der Waals surface area (Å²) in [5, 5.41) is 0. The number of alkyl halides is 1. The molecule has 1 aliphatic carbocycles. The van der Waals surface area contributed by atoms with Gasteiger partial charge in [-0.25, -0.2) is 3.93 Å². The summed E-state index contributed by atoms with van der Waals surface area (Å²) in [7, 11) is 0. The van der Waals surface area contributed by atoms with Gasteiger partial charge in [-0.3, -0.25) is 19.2 Å². The van der Waals surface area contributed by atoms with Crippen molar-refractivity contribution in [3.8, 4) is 0 Å². The van der Waals surface area contributed by atoms with E-state index in [2.05, 4.69) is 32.1 Å². The number of hydrogen-bond acceptors (Lipinski definition) is 4. The largest absolute Gasteiger partial charge is 0.289 e. The Hall–Kier alpha value is -2.12. The topological polar surface area (TPSA) is 71.5 Å². The third-order valence-electron chi connectivity index (χ3n) is 4.40. The zero-order valence-electron chi connectivity index (χ0n) is 14.4. The second-order valence-corrected chi connectivity index (χ2v) is 8.28. The van der Waals surface area contributed by atoms with E-state index in [1.807, 2.05) is 19.1 Å². The first-order valence-corrected chi connectivity index (χ1v) is 9.91. The maximum absolute atomic E-state index is 12.5. The number of benzene rings is 2. The third-order valence-corrected chi connectivity index (χ3v) is 5.72. The number of rotatable bonds is 1. The highest BCUT2D eigenvalue weighted by Gasteiger charge is 2.29. The minimum atomic E-state index is -0.144. The normalized spacial score (nSPS) is 16.5. The van der Waals surface area contributed by atoms with E-state index in [0.29, 0.717) is 35.1 Å². The monoisotopic (exact) mass is 491 g/mol. The summed E-state index contributed by atoms with van der Waals surface area (Å²) < 4.78 is 0.979. The molecule has 0 aromatic heterocycles. The lowest BCUT2D eigenvalue weighted by Gasteiger charge is -2.18. The maximum Gasteiger partial charge on any atom is 0.239 e. The summed E-state index contributed by atoms with van der Waals surface area (Å²) in [6.07, 6.45) is 0.703. The van der Waals surface area contributed by atoms with Crippen molar-refractivity contribution in [3.05, 3.63) is 70.3 Å². The fraction of sp³-hybridized carbons (Fsp3) is 0.200. The van der Waals surface area contributed by atoms with Crippen LogP contribution in [0.4, 0.5) is 0 Å². The predicted molar refractivity (Wildman–Crippen MR) is 107 cm³/mol. The van der Waals surface area contributed by atoms with Gasteiger partial charge in [0.2, 0.25) is 11.8 Å². The van der Waals surface area contributed by atoms with Crippen molar-refractivity contribution in [3.63, 3.8) is 0 Å². The molecule has 1 saturated heterocycles. The molecule has 0 spiro atoms. The van der Waals surface area contributed by atoms with Gasteiger partial charge < -0.3 is 0 Å². The summed E-state index contributed by atoms with van der Waals surface area (Å²) in [5.41, 5.74) is 3.01. The van der Waals surface area contributed by atoms with Gasteiger partial charge in [0.15, 0.2) is 11.6 Å². The molecule has 1 atom stereocenters. The van der Waals surface area contributed by atoms with E-state index in [0.717, 1.165) is 9.49 Å². The van der Waals surface area contributed by atoms with Crippen LogP contribution in [0.5, 0.6) is 0 Å². The molecule has 2 aliphatic rings. The van der Waals surface area contributed by atoms with Gasteiger partial charge in [-0.1, -0.05) is 46.3 Å². The van der Waals surface area contributed by atoms with Crippen LogP contribution in [-0.4, -0.2) is 27.3 Å². The predicted octanol–water partition coefficient (Wildman–Crippen LogP) is 4.36. The molecule has 0 saturated carbocycles. The zero-order valence-corrected chi connectivity index (χ0v) is 17.5.